The minimum atomic E-state index is -0.935. The van der Waals surface area contributed by atoms with E-state index in [1.165, 1.54) is 6.07 Å². The minimum Gasteiger partial charge on any atom is -0.505 e. The Kier molecular flexibility index (Phi) is 3.99. The zero-order valence-corrected chi connectivity index (χ0v) is 11.0. The van der Waals surface area contributed by atoms with E-state index in [0.29, 0.717) is 0 Å². The summed E-state index contributed by atoms with van der Waals surface area (Å²) in [6.07, 6.45) is 1.14. The van der Waals surface area contributed by atoms with Crippen molar-refractivity contribution in [2.45, 2.75) is 0 Å². The van der Waals surface area contributed by atoms with Gasteiger partial charge in [-0.1, -0.05) is 11.6 Å². The van der Waals surface area contributed by atoms with E-state index in [-0.39, 0.29) is 11.3 Å². The third-order valence-electron chi connectivity index (χ3n) is 2.51. The summed E-state index contributed by atoms with van der Waals surface area (Å²) in [5.74, 6) is -2.36. The van der Waals surface area contributed by atoms with Crippen molar-refractivity contribution in [2.24, 2.45) is 0 Å². The van der Waals surface area contributed by atoms with E-state index in [1.807, 2.05) is 0 Å². The average molecular weight is 312 g/mol. The van der Waals surface area contributed by atoms with Crippen LogP contribution in [0.25, 0.3) is 0 Å². The summed E-state index contributed by atoms with van der Waals surface area (Å²) in [7, 11) is 0. The molecule has 1 aromatic heterocycles. The van der Waals surface area contributed by atoms with Gasteiger partial charge in [-0.05, 0) is 18.2 Å². The summed E-state index contributed by atoms with van der Waals surface area (Å²) in [6.45, 7) is 0. The van der Waals surface area contributed by atoms with Crippen LogP contribution >= 0.6 is 11.6 Å². The van der Waals surface area contributed by atoms with Crippen LogP contribution in [0.3, 0.4) is 0 Å². The molecule has 0 bridgehead atoms. The number of nitrogens with zero attached hydrogens (tertiary/aromatic N) is 2. The number of hydrogen-bond donors (Lipinski definition) is 2. The van der Waals surface area contributed by atoms with Crippen LogP contribution in [0.4, 0.5) is 15.8 Å². The van der Waals surface area contributed by atoms with E-state index in [2.05, 4.69) is 10.3 Å². The van der Waals surface area contributed by atoms with Gasteiger partial charge in [-0.3, -0.25) is 14.9 Å². The molecule has 0 radical (unpaired) electrons. The van der Waals surface area contributed by atoms with E-state index in [0.717, 1.165) is 24.4 Å². The zero-order chi connectivity index (χ0) is 15.6. The highest BCUT2D eigenvalue weighted by Gasteiger charge is 2.25. The summed E-state index contributed by atoms with van der Waals surface area (Å²) in [6, 6.07) is 4.28. The number of hydrogen-bond acceptors (Lipinski definition) is 5. The van der Waals surface area contributed by atoms with Gasteiger partial charge in [0.15, 0.2) is 11.6 Å². The Hall–Kier alpha value is -2.74. The number of amides is 1. The standard InChI is InChI=1S/C12H7ClFN3O4/c13-11-10(17(20)21)7(3-4-15-11)12(19)16-6-1-2-9(18)8(14)5-6/h1-5,18H,(H,16,19). The van der Waals surface area contributed by atoms with Crippen molar-refractivity contribution in [1.29, 1.82) is 0 Å². The third-order valence-corrected chi connectivity index (χ3v) is 2.79. The lowest BCUT2D eigenvalue weighted by atomic mass is 10.2. The predicted octanol–water partition coefficient (Wildman–Crippen LogP) is 2.74. The molecule has 2 N–H and O–H groups in total. The van der Waals surface area contributed by atoms with Crippen LogP contribution in [-0.2, 0) is 0 Å². The number of rotatable bonds is 3. The Balaban J connectivity index is 2.35. The monoisotopic (exact) mass is 311 g/mol. The smallest absolute Gasteiger partial charge is 0.319 e. The third kappa shape index (κ3) is 3.06. The normalized spacial score (nSPS) is 10.2. The summed E-state index contributed by atoms with van der Waals surface area (Å²) < 4.78 is 13.2. The number of phenols is 1. The molecule has 0 atom stereocenters. The molecular formula is C12H7ClFN3O4. The first-order valence-corrected chi connectivity index (χ1v) is 5.86. The second-order valence-corrected chi connectivity index (χ2v) is 4.23. The number of halogens is 2. The van der Waals surface area contributed by atoms with Crippen LogP contribution < -0.4 is 5.32 Å². The first-order chi connectivity index (χ1) is 9.90. The topological polar surface area (TPSA) is 105 Å². The van der Waals surface area contributed by atoms with Gasteiger partial charge in [-0.2, -0.15) is 0 Å². The Bertz CT molecular complexity index is 738. The van der Waals surface area contributed by atoms with Gasteiger partial charge in [0, 0.05) is 18.0 Å². The van der Waals surface area contributed by atoms with Gasteiger partial charge >= 0.3 is 5.69 Å². The predicted molar refractivity (Wildman–Crippen MR) is 71.9 cm³/mol. The fourth-order valence-corrected chi connectivity index (χ4v) is 1.80. The maximum absolute atomic E-state index is 13.2. The molecule has 0 aliphatic carbocycles. The van der Waals surface area contributed by atoms with Crippen molar-refractivity contribution in [3.63, 3.8) is 0 Å². The average Bonchev–Trinajstić information content (AvgIpc) is 2.42. The molecule has 0 spiro atoms. The van der Waals surface area contributed by atoms with Crippen LogP contribution in [0.2, 0.25) is 5.15 Å². The second-order valence-electron chi connectivity index (χ2n) is 3.88. The Labute approximate surface area is 122 Å². The number of nitrogens with one attached hydrogen (secondary N) is 1. The summed E-state index contributed by atoms with van der Waals surface area (Å²) in [5.41, 5.74) is -0.929. The maximum atomic E-state index is 13.2. The van der Waals surface area contributed by atoms with Crippen LogP contribution in [0.15, 0.2) is 30.5 Å². The van der Waals surface area contributed by atoms with Crippen LogP contribution in [0, 0.1) is 15.9 Å². The first kappa shape index (κ1) is 14.7. The Morgan fingerprint density at radius 1 is 1.43 bits per heavy atom. The SMILES string of the molecule is O=C(Nc1ccc(O)c(F)c1)c1ccnc(Cl)c1[N+](=O)[O-]. The molecule has 1 heterocycles. The molecule has 9 heteroatoms. The number of aromatic nitrogens is 1. The van der Waals surface area contributed by atoms with Gasteiger partial charge in [0.1, 0.15) is 5.56 Å². The lowest BCUT2D eigenvalue weighted by Gasteiger charge is -2.06. The van der Waals surface area contributed by atoms with Crippen LogP contribution in [0.5, 0.6) is 5.75 Å². The first-order valence-electron chi connectivity index (χ1n) is 5.49. The molecule has 0 aliphatic heterocycles. The van der Waals surface area contributed by atoms with Gasteiger partial charge in [0.05, 0.1) is 4.92 Å². The molecule has 21 heavy (non-hydrogen) atoms. The van der Waals surface area contributed by atoms with Crippen molar-refractivity contribution in [1.82, 2.24) is 4.98 Å². The quantitative estimate of drug-likeness (QED) is 0.392. The maximum Gasteiger partial charge on any atom is 0.319 e. The van der Waals surface area contributed by atoms with Gasteiger partial charge in [0.25, 0.3) is 5.91 Å². The molecule has 0 aliphatic rings. The lowest BCUT2D eigenvalue weighted by Crippen LogP contribution is -2.14. The molecule has 2 rings (SSSR count). The fraction of sp³-hybridized carbons (Fsp3) is 0. The highest BCUT2D eigenvalue weighted by Crippen LogP contribution is 2.27. The number of nitro groups is 1. The molecule has 2 aromatic rings. The highest BCUT2D eigenvalue weighted by atomic mass is 35.5. The summed E-state index contributed by atoms with van der Waals surface area (Å²) in [5, 5.41) is 21.8. The number of phenolic OH excluding ortho intramolecular Hbond substituents is 1. The highest BCUT2D eigenvalue weighted by molar-refractivity contribution is 6.32. The number of aromatic hydroxyl groups is 1. The fourth-order valence-electron chi connectivity index (χ4n) is 1.57. The molecule has 0 saturated heterocycles. The lowest BCUT2D eigenvalue weighted by molar-refractivity contribution is -0.385. The Morgan fingerprint density at radius 2 is 2.14 bits per heavy atom. The van der Waals surface area contributed by atoms with E-state index < -0.39 is 33.2 Å². The molecule has 0 fully saturated rings. The van der Waals surface area contributed by atoms with Gasteiger partial charge < -0.3 is 10.4 Å². The molecule has 0 unspecified atom stereocenters. The summed E-state index contributed by atoms with van der Waals surface area (Å²) in [4.78, 5) is 25.6. The van der Waals surface area contributed by atoms with Gasteiger partial charge in [-0.15, -0.1) is 0 Å². The number of pyridine rings is 1. The van der Waals surface area contributed by atoms with E-state index in [4.69, 9.17) is 16.7 Å². The second kappa shape index (κ2) is 5.71. The molecule has 1 amide bonds. The summed E-state index contributed by atoms with van der Waals surface area (Å²) >= 11 is 5.59. The Morgan fingerprint density at radius 3 is 2.76 bits per heavy atom. The van der Waals surface area contributed by atoms with Crippen LogP contribution in [0.1, 0.15) is 10.4 Å². The zero-order valence-electron chi connectivity index (χ0n) is 10.2. The number of benzene rings is 1. The number of anilines is 1. The minimum absolute atomic E-state index is 0.0255. The largest absolute Gasteiger partial charge is 0.505 e. The van der Waals surface area contributed by atoms with Crippen molar-refractivity contribution in [2.75, 3.05) is 5.32 Å². The van der Waals surface area contributed by atoms with E-state index in [1.54, 1.807) is 0 Å². The van der Waals surface area contributed by atoms with Crippen molar-refractivity contribution < 1.29 is 19.2 Å². The number of carbonyl (C=O) groups is 1. The molecule has 108 valence electrons. The number of carbonyl (C=O) groups excluding carboxylic acids is 1. The van der Waals surface area contributed by atoms with Crippen molar-refractivity contribution >= 4 is 28.9 Å². The van der Waals surface area contributed by atoms with Gasteiger partial charge in [-0.25, -0.2) is 9.37 Å². The van der Waals surface area contributed by atoms with E-state index in [9.17, 15) is 19.3 Å². The van der Waals surface area contributed by atoms with Crippen LogP contribution in [-0.4, -0.2) is 20.9 Å². The van der Waals surface area contributed by atoms with E-state index >= 15 is 0 Å². The molecule has 0 saturated carbocycles. The molecule has 1 aromatic carbocycles. The molecule has 7 nitrogen and oxygen atoms in total. The van der Waals surface area contributed by atoms with Crippen molar-refractivity contribution in [3.05, 3.63) is 57.1 Å². The van der Waals surface area contributed by atoms with Crippen molar-refractivity contribution in [3.8, 4) is 5.75 Å². The van der Waals surface area contributed by atoms with Gasteiger partial charge in [0.2, 0.25) is 5.15 Å². The molecular weight excluding hydrogens is 305 g/mol.